The lowest BCUT2D eigenvalue weighted by atomic mass is 10.1. The molecule has 0 aromatic heterocycles. The van der Waals surface area contributed by atoms with E-state index in [9.17, 15) is 9.59 Å². The van der Waals surface area contributed by atoms with Gasteiger partial charge < -0.3 is 4.90 Å². The summed E-state index contributed by atoms with van der Waals surface area (Å²) in [5, 5.41) is 0. The van der Waals surface area contributed by atoms with Crippen molar-refractivity contribution in [2.75, 3.05) is 7.05 Å². The maximum absolute atomic E-state index is 11.0. The molecule has 0 aliphatic carbocycles. The van der Waals surface area contributed by atoms with Crippen molar-refractivity contribution in [1.29, 1.82) is 0 Å². The largest absolute Gasteiger partial charge is 0.342 e. The average molecular weight is 191 g/mol. The molecule has 1 amide bonds. The molecule has 0 aliphatic heterocycles. The van der Waals surface area contributed by atoms with Gasteiger partial charge in [-0.2, -0.15) is 0 Å². The number of amides is 1. The average Bonchev–Trinajstić information content (AvgIpc) is 2.18. The summed E-state index contributed by atoms with van der Waals surface area (Å²) in [4.78, 5) is 23.1. The second kappa shape index (κ2) is 4.56. The molecule has 3 nitrogen and oxygen atoms in total. The van der Waals surface area contributed by atoms with Crippen molar-refractivity contribution in [3.8, 4) is 0 Å². The van der Waals surface area contributed by atoms with Crippen LogP contribution < -0.4 is 0 Å². The van der Waals surface area contributed by atoms with Gasteiger partial charge in [0.15, 0.2) is 0 Å². The van der Waals surface area contributed by atoms with Gasteiger partial charge in [-0.3, -0.25) is 9.59 Å². The molecule has 0 heterocycles. The third-order valence-electron chi connectivity index (χ3n) is 2.04. The highest BCUT2D eigenvalue weighted by Gasteiger charge is 2.03. The van der Waals surface area contributed by atoms with Gasteiger partial charge in [0, 0.05) is 26.1 Å². The Balaban J connectivity index is 2.76. The van der Waals surface area contributed by atoms with Crippen molar-refractivity contribution < 1.29 is 9.59 Å². The highest BCUT2D eigenvalue weighted by atomic mass is 16.2. The van der Waals surface area contributed by atoms with Gasteiger partial charge in [0.05, 0.1) is 0 Å². The van der Waals surface area contributed by atoms with Crippen LogP contribution in [0.4, 0.5) is 0 Å². The fraction of sp³-hybridized carbons (Fsp3) is 0.273. The number of hydrogen-bond donors (Lipinski definition) is 0. The number of carbonyl (C=O) groups excluding carboxylic acids is 2. The molecule has 0 saturated heterocycles. The van der Waals surface area contributed by atoms with Gasteiger partial charge in [-0.05, 0) is 11.6 Å². The lowest BCUT2D eigenvalue weighted by Crippen LogP contribution is -2.22. The summed E-state index contributed by atoms with van der Waals surface area (Å²) in [6.07, 6.45) is 0.803. The van der Waals surface area contributed by atoms with Gasteiger partial charge in [-0.1, -0.05) is 18.2 Å². The Kier molecular flexibility index (Phi) is 3.40. The minimum atomic E-state index is 0.0153. The Hall–Kier alpha value is -1.64. The van der Waals surface area contributed by atoms with E-state index in [2.05, 4.69) is 0 Å². The molecule has 1 aromatic rings. The number of hydrogen-bond acceptors (Lipinski definition) is 2. The molecule has 0 N–H and O–H groups in total. The third kappa shape index (κ3) is 2.69. The SMILES string of the molecule is CC(=O)N(C)Cc1cccc(C=O)c1. The summed E-state index contributed by atoms with van der Waals surface area (Å²) in [6.45, 7) is 2.06. The summed E-state index contributed by atoms with van der Waals surface area (Å²) in [6, 6.07) is 7.23. The summed E-state index contributed by atoms with van der Waals surface area (Å²) in [5.41, 5.74) is 1.60. The molecule has 0 fully saturated rings. The quantitative estimate of drug-likeness (QED) is 0.678. The predicted molar refractivity (Wildman–Crippen MR) is 54.0 cm³/mol. The number of nitrogens with zero attached hydrogens (tertiary/aromatic N) is 1. The lowest BCUT2D eigenvalue weighted by molar-refractivity contribution is -0.128. The molecule has 1 rings (SSSR count). The summed E-state index contributed by atoms with van der Waals surface area (Å²) in [5.74, 6) is 0.0153. The van der Waals surface area contributed by atoms with E-state index in [0.29, 0.717) is 12.1 Å². The van der Waals surface area contributed by atoms with Crippen LogP contribution in [0.15, 0.2) is 24.3 Å². The minimum absolute atomic E-state index is 0.0153. The maximum Gasteiger partial charge on any atom is 0.219 e. The third-order valence-corrected chi connectivity index (χ3v) is 2.04. The van der Waals surface area contributed by atoms with Crippen molar-refractivity contribution >= 4 is 12.2 Å². The van der Waals surface area contributed by atoms with E-state index in [0.717, 1.165) is 11.8 Å². The number of benzene rings is 1. The monoisotopic (exact) mass is 191 g/mol. The van der Waals surface area contributed by atoms with E-state index in [1.165, 1.54) is 6.92 Å². The van der Waals surface area contributed by atoms with Crippen molar-refractivity contribution in [2.45, 2.75) is 13.5 Å². The molecule has 0 bridgehead atoms. The molecule has 74 valence electrons. The van der Waals surface area contributed by atoms with Crippen LogP contribution in [0.25, 0.3) is 0 Å². The van der Waals surface area contributed by atoms with Crippen molar-refractivity contribution in [1.82, 2.24) is 4.90 Å². The zero-order valence-electron chi connectivity index (χ0n) is 8.36. The van der Waals surface area contributed by atoms with Crippen LogP contribution in [-0.2, 0) is 11.3 Å². The molecular formula is C11H13NO2. The van der Waals surface area contributed by atoms with Crippen LogP contribution in [0.5, 0.6) is 0 Å². The Morgan fingerprint density at radius 3 is 2.79 bits per heavy atom. The normalized spacial score (nSPS) is 9.57. The van der Waals surface area contributed by atoms with Gasteiger partial charge >= 0.3 is 0 Å². The zero-order valence-corrected chi connectivity index (χ0v) is 8.36. The smallest absolute Gasteiger partial charge is 0.219 e. The van der Waals surface area contributed by atoms with Crippen LogP contribution in [0.2, 0.25) is 0 Å². The lowest BCUT2D eigenvalue weighted by Gasteiger charge is -2.14. The van der Waals surface area contributed by atoms with Gasteiger partial charge in [0.25, 0.3) is 0 Å². The van der Waals surface area contributed by atoms with Gasteiger partial charge in [-0.15, -0.1) is 0 Å². The van der Waals surface area contributed by atoms with Gasteiger partial charge in [0.1, 0.15) is 6.29 Å². The zero-order chi connectivity index (χ0) is 10.6. The van der Waals surface area contributed by atoms with Gasteiger partial charge in [0.2, 0.25) is 5.91 Å². The Morgan fingerprint density at radius 1 is 1.50 bits per heavy atom. The van der Waals surface area contributed by atoms with E-state index in [1.54, 1.807) is 24.1 Å². The maximum atomic E-state index is 11.0. The fourth-order valence-corrected chi connectivity index (χ4v) is 1.15. The van der Waals surface area contributed by atoms with E-state index in [4.69, 9.17) is 0 Å². The van der Waals surface area contributed by atoms with Crippen LogP contribution in [0.3, 0.4) is 0 Å². The van der Waals surface area contributed by atoms with Crippen LogP contribution in [0.1, 0.15) is 22.8 Å². The van der Waals surface area contributed by atoms with E-state index in [1.807, 2.05) is 12.1 Å². The standard InChI is InChI=1S/C11H13NO2/c1-9(14)12(2)7-10-4-3-5-11(6-10)8-13/h3-6,8H,7H2,1-2H3. The summed E-state index contributed by atoms with van der Waals surface area (Å²) < 4.78 is 0. The molecule has 1 aromatic carbocycles. The highest BCUT2D eigenvalue weighted by molar-refractivity contribution is 5.75. The number of rotatable bonds is 3. The first kappa shape index (κ1) is 10.4. The van der Waals surface area contributed by atoms with E-state index < -0.39 is 0 Å². The Bertz CT molecular complexity index is 347. The van der Waals surface area contributed by atoms with E-state index in [-0.39, 0.29) is 5.91 Å². The molecule has 3 heteroatoms. The second-order valence-corrected chi connectivity index (χ2v) is 3.24. The summed E-state index contributed by atoms with van der Waals surface area (Å²) in [7, 11) is 1.73. The first-order valence-corrected chi connectivity index (χ1v) is 4.39. The van der Waals surface area contributed by atoms with Crippen LogP contribution in [-0.4, -0.2) is 24.1 Å². The molecule has 0 atom stereocenters. The van der Waals surface area contributed by atoms with Crippen LogP contribution in [0, 0.1) is 0 Å². The topological polar surface area (TPSA) is 37.4 Å². The Labute approximate surface area is 83.3 Å². The number of aldehydes is 1. The summed E-state index contributed by atoms with van der Waals surface area (Å²) >= 11 is 0. The second-order valence-electron chi connectivity index (χ2n) is 3.24. The van der Waals surface area contributed by atoms with Crippen LogP contribution >= 0.6 is 0 Å². The number of carbonyl (C=O) groups is 2. The molecule has 0 radical (unpaired) electrons. The van der Waals surface area contributed by atoms with Gasteiger partial charge in [-0.25, -0.2) is 0 Å². The highest BCUT2D eigenvalue weighted by Crippen LogP contribution is 2.05. The molecule has 0 saturated carbocycles. The first-order valence-electron chi connectivity index (χ1n) is 4.39. The van der Waals surface area contributed by atoms with Crippen molar-refractivity contribution in [2.24, 2.45) is 0 Å². The molecule has 0 aliphatic rings. The molecular weight excluding hydrogens is 178 g/mol. The van der Waals surface area contributed by atoms with Crippen molar-refractivity contribution in [3.63, 3.8) is 0 Å². The molecule has 0 unspecified atom stereocenters. The minimum Gasteiger partial charge on any atom is -0.342 e. The molecule has 14 heavy (non-hydrogen) atoms. The van der Waals surface area contributed by atoms with Crippen molar-refractivity contribution in [3.05, 3.63) is 35.4 Å². The first-order chi connectivity index (χ1) is 6.63. The fourth-order valence-electron chi connectivity index (χ4n) is 1.15. The van der Waals surface area contributed by atoms with E-state index >= 15 is 0 Å². The predicted octanol–water partition coefficient (Wildman–Crippen LogP) is 1.48. The Morgan fingerprint density at radius 2 is 2.21 bits per heavy atom. The molecule has 0 spiro atoms.